The van der Waals surface area contributed by atoms with Crippen LogP contribution in [0, 0.1) is 5.92 Å². The van der Waals surface area contributed by atoms with Gasteiger partial charge in [0.1, 0.15) is 6.04 Å². The van der Waals surface area contributed by atoms with E-state index < -0.39 is 0 Å². The van der Waals surface area contributed by atoms with Gasteiger partial charge >= 0.3 is 5.97 Å². The zero-order valence-corrected chi connectivity index (χ0v) is 12.0. The predicted octanol–water partition coefficient (Wildman–Crippen LogP) is 3.45. The molecule has 0 spiro atoms. The third-order valence-corrected chi connectivity index (χ3v) is 3.08. The number of nitrogens with one attached hydrogen (secondary N) is 1. The Kier molecular flexibility index (Phi) is 5.48. The Labute approximate surface area is 111 Å². The molecule has 3 nitrogen and oxygen atoms in total. The van der Waals surface area contributed by atoms with Gasteiger partial charge in [0.2, 0.25) is 0 Å². The first-order valence-corrected chi connectivity index (χ1v) is 6.53. The second kappa shape index (κ2) is 6.64. The van der Waals surface area contributed by atoms with Crippen molar-refractivity contribution < 1.29 is 9.53 Å². The van der Waals surface area contributed by atoms with E-state index in [0.29, 0.717) is 6.61 Å². The number of rotatable bonds is 5. The highest BCUT2D eigenvalue weighted by atomic mass is 79.9. The molecule has 0 heterocycles. The van der Waals surface area contributed by atoms with Gasteiger partial charge in [-0.15, -0.1) is 0 Å². The number of ether oxygens (including phenoxy) is 1. The molecule has 1 unspecified atom stereocenters. The van der Waals surface area contributed by atoms with Crippen LogP contribution in [0.1, 0.15) is 20.8 Å². The number of carbonyl (C=O) groups is 1. The molecule has 1 atom stereocenters. The minimum Gasteiger partial charge on any atom is -0.464 e. The van der Waals surface area contributed by atoms with Gasteiger partial charge in [-0.1, -0.05) is 26.0 Å². The molecule has 0 saturated carbocycles. The smallest absolute Gasteiger partial charge is 0.328 e. The lowest BCUT2D eigenvalue weighted by atomic mass is 10.0. The zero-order valence-electron chi connectivity index (χ0n) is 10.4. The molecular formula is C13H18BrNO2. The maximum absolute atomic E-state index is 11.8. The van der Waals surface area contributed by atoms with Gasteiger partial charge in [0, 0.05) is 10.2 Å². The highest BCUT2D eigenvalue weighted by molar-refractivity contribution is 9.10. The van der Waals surface area contributed by atoms with Gasteiger partial charge < -0.3 is 10.1 Å². The Hall–Kier alpha value is -1.03. The van der Waals surface area contributed by atoms with Crippen LogP contribution in [0.3, 0.4) is 0 Å². The summed E-state index contributed by atoms with van der Waals surface area (Å²) in [7, 11) is 0. The normalized spacial score (nSPS) is 12.3. The van der Waals surface area contributed by atoms with Gasteiger partial charge in [-0.3, -0.25) is 0 Å². The molecule has 0 fully saturated rings. The molecule has 0 aliphatic heterocycles. The lowest BCUT2D eigenvalue weighted by Gasteiger charge is -2.22. The molecule has 0 aliphatic rings. The first-order valence-electron chi connectivity index (χ1n) is 5.74. The highest BCUT2D eigenvalue weighted by Crippen LogP contribution is 2.23. The van der Waals surface area contributed by atoms with Crippen LogP contribution >= 0.6 is 15.9 Å². The number of carbonyl (C=O) groups excluding carboxylic acids is 1. The van der Waals surface area contributed by atoms with E-state index in [1.807, 2.05) is 45.0 Å². The lowest BCUT2D eigenvalue weighted by molar-refractivity contribution is -0.145. The van der Waals surface area contributed by atoms with Crippen molar-refractivity contribution in [2.24, 2.45) is 5.92 Å². The Morgan fingerprint density at radius 1 is 1.41 bits per heavy atom. The molecule has 0 amide bonds. The largest absolute Gasteiger partial charge is 0.464 e. The van der Waals surface area contributed by atoms with E-state index in [4.69, 9.17) is 4.74 Å². The third kappa shape index (κ3) is 4.04. The first-order chi connectivity index (χ1) is 8.06. The molecule has 1 rings (SSSR count). The summed E-state index contributed by atoms with van der Waals surface area (Å²) in [4.78, 5) is 11.8. The molecule has 0 bridgehead atoms. The van der Waals surface area contributed by atoms with E-state index in [2.05, 4.69) is 21.2 Å². The average molecular weight is 300 g/mol. The van der Waals surface area contributed by atoms with Crippen LogP contribution in [0.15, 0.2) is 28.7 Å². The van der Waals surface area contributed by atoms with Crippen LogP contribution in [0.25, 0.3) is 0 Å². The lowest BCUT2D eigenvalue weighted by Crippen LogP contribution is -2.36. The van der Waals surface area contributed by atoms with Crippen LogP contribution < -0.4 is 5.32 Å². The molecular weight excluding hydrogens is 282 g/mol. The van der Waals surface area contributed by atoms with Gasteiger partial charge in [-0.2, -0.15) is 0 Å². The van der Waals surface area contributed by atoms with E-state index in [9.17, 15) is 4.79 Å². The SMILES string of the molecule is CCOC(=O)C(Nc1ccccc1Br)C(C)C. The fraction of sp³-hybridized carbons (Fsp3) is 0.462. The topological polar surface area (TPSA) is 38.3 Å². The number of hydrogen-bond acceptors (Lipinski definition) is 3. The minimum atomic E-state index is -0.325. The Morgan fingerprint density at radius 2 is 2.06 bits per heavy atom. The molecule has 4 heteroatoms. The van der Waals surface area contributed by atoms with E-state index >= 15 is 0 Å². The van der Waals surface area contributed by atoms with Crippen LogP contribution in [-0.4, -0.2) is 18.6 Å². The van der Waals surface area contributed by atoms with Crippen molar-refractivity contribution in [3.8, 4) is 0 Å². The summed E-state index contributed by atoms with van der Waals surface area (Å²) in [5, 5.41) is 3.21. The molecule has 17 heavy (non-hydrogen) atoms. The van der Waals surface area contributed by atoms with Crippen molar-refractivity contribution in [3.63, 3.8) is 0 Å². The summed E-state index contributed by atoms with van der Waals surface area (Å²) in [5.41, 5.74) is 0.902. The van der Waals surface area contributed by atoms with Crippen molar-refractivity contribution in [2.45, 2.75) is 26.8 Å². The van der Waals surface area contributed by atoms with Crippen LogP contribution in [0.4, 0.5) is 5.69 Å². The maximum Gasteiger partial charge on any atom is 0.328 e. The monoisotopic (exact) mass is 299 g/mol. The molecule has 94 valence electrons. The number of anilines is 1. The maximum atomic E-state index is 11.8. The van der Waals surface area contributed by atoms with Gasteiger partial charge in [0.25, 0.3) is 0 Å². The summed E-state index contributed by atoms with van der Waals surface area (Å²) in [6.07, 6.45) is 0. The quantitative estimate of drug-likeness (QED) is 0.846. The van der Waals surface area contributed by atoms with Gasteiger partial charge in [-0.25, -0.2) is 4.79 Å². The van der Waals surface area contributed by atoms with E-state index in [1.165, 1.54) is 0 Å². The molecule has 0 aliphatic carbocycles. The third-order valence-electron chi connectivity index (χ3n) is 2.39. The average Bonchev–Trinajstić information content (AvgIpc) is 2.27. The summed E-state index contributed by atoms with van der Waals surface area (Å²) < 4.78 is 6.00. The minimum absolute atomic E-state index is 0.168. The van der Waals surface area contributed by atoms with Crippen LogP contribution in [0.5, 0.6) is 0 Å². The van der Waals surface area contributed by atoms with E-state index in [-0.39, 0.29) is 17.9 Å². The van der Waals surface area contributed by atoms with Gasteiger partial charge in [0.05, 0.1) is 6.61 Å². The Bertz CT molecular complexity index is 379. The van der Waals surface area contributed by atoms with Crippen molar-refractivity contribution in [3.05, 3.63) is 28.7 Å². The fourth-order valence-corrected chi connectivity index (χ4v) is 1.87. The van der Waals surface area contributed by atoms with Crippen LogP contribution in [0.2, 0.25) is 0 Å². The standard InChI is InChI=1S/C13H18BrNO2/c1-4-17-13(16)12(9(2)3)15-11-8-6-5-7-10(11)14/h5-9,12,15H,4H2,1-3H3. The molecule has 0 radical (unpaired) electrons. The van der Waals surface area contributed by atoms with Gasteiger partial charge in [-0.05, 0) is 40.9 Å². The number of benzene rings is 1. The molecule has 1 N–H and O–H groups in total. The van der Waals surface area contributed by atoms with Crippen molar-refractivity contribution in [2.75, 3.05) is 11.9 Å². The summed E-state index contributed by atoms with van der Waals surface area (Å²) in [6.45, 7) is 6.20. The summed E-state index contributed by atoms with van der Waals surface area (Å²) in [5.74, 6) is -0.0422. The summed E-state index contributed by atoms with van der Waals surface area (Å²) >= 11 is 3.45. The first kappa shape index (κ1) is 14.0. The predicted molar refractivity (Wildman–Crippen MR) is 73.0 cm³/mol. The molecule has 0 aromatic heterocycles. The molecule has 0 saturated heterocycles. The second-order valence-corrected chi connectivity index (χ2v) is 4.95. The Morgan fingerprint density at radius 3 is 2.59 bits per heavy atom. The van der Waals surface area contributed by atoms with Crippen molar-refractivity contribution in [1.29, 1.82) is 0 Å². The zero-order chi connectivity index (χ0) is 12.8. The number of para-hydroxylation sites is 1. The second-order valence-electron chi connectivity index (χ2n) is 4.10. The van der Waals surface area contributed by atoms with E-state index in [1.54, 1.807) is 0 Å². The summed E-state index contributed by atoms with van der Waals surface area (Å²) in [6, 6.07) is 7.40. The highest BCUT2D eigenvalue weighted by Gasteiger charge is 2.23. The number of hydrogen-bond donors (Lipinski definition) is 1. The van der Waals surface area contributed by atoms with Gasteiger partial charge in [0.15, 0.2) is 0 Å². The van der Waals surface area contributed by atoms with Crippen molar-refractivity contribution >= 4 is 27.6 Å². The van der Waals surface area contributed by atoms with E-state index in [0.717, 1.165) is 10.2 Å². The molecule has 1 aromatic rings. The molecule has 1 aromatic carbocycles. The fourth-order valence-electron chi connectivity index (χ4n) is 1.48. The number of esters is 1. The Balaban J connectivity index is 2.81. The number of halogens is 1. The van der Waals surface area contributed by atoms with Crippen LogP contribution in [-0.2, 0) is 9.53 Å². The van der Waals surface area contributed by atoms with Crippen molar-refractivity contribution in [1.82, 2.24) is 0 Å².